The normalized spacial score (nSPS) is 19.2. The molecule has 0 atom stereocenters. The first-order valence-electron chi connectivity index (χ1n) is 5.59. The Labute approximate surface area is 99.1 Å². The van der Waals surface area contributed by atoms with Crippen LogP contribution < -0.4 is 11.3 Å². The number of nitrogens with zero attached hydrogens (tertiary/aromatic N) is 1. The van der Waals surface area contributed by atoms with E-state index in [9.17, 15) is 4.79 Å². The molecule has 1 aromatic heterocycles. The van der Waals surface area contributed by atoms with Gasteiger partial charge in [-0.25, -0.2) is 4.98 Å². The van der Waals surface area contributed by atoms with Gasteiger partial charge in [0.1, 0.15) is 17.2 Å². The highest BCUT2D eigenvalue weighted by molar-refractivity contribution is 5.36. The second-order valence-electron chi connectivity index (χ2n) is 4.24. The Morgan fingerprint density at radius 1 is 1.47 bits per heavy atom. The van der Waals surface area contributed by atoms with Crippen LogP contribution in [0.2, 0.25) is 0 Å². The van der Waals surface area contributed by atoms with Crippen LogP contribution in [0.3, 0.4) is 0 Å². The molecule has 0 aromatic carbocycles. The lowest BCUT2D eigenvalue weighted by Gasteiger charge is -2.34. The van der Waals surface area contributed by atoms with Gasteiger partial charge in [0.2, 0.25) is 0 Å². The molecule has 1 aliphatic rings. The average molecular weight is 239 g/mol. The summed E-state index contributed by atoms with van der Waals surface area (Å²) in [6.07, 6.45) is 1.32. The summed E-state index contributed by atoms with van der Waals surface area (Å²) in [5.41, 5.74) is 5.36. The number of aromatic nitrogens is 2. The van der Waals surface area contributed by atoms with Crippen LogP contribution in [-0.2, 0) is 15.1 Å². The lowest BCUT2D eigenvalue weighted by Crippen LogP contribution is -2.39. The molecule has 2 heterocycles. The van der Waals surface area contributed by atoms with E-state index in [-0.39, 0.29) is 11.4 Å². The van der Waals surface area contributed by atoms with Crippen LogP contribution in [0.5, 0.6) is 0 Å². The largest absolute Gasteiger partial charge is 0.383 e. The van der Waals surface area contributed by atoms with E-state index < -0.39 is 5.60 Å². The maximum atomic E-state index is 11.7. The molecule has 1 fully saturated rings. The van der Waals surface area contributed by atoms with Crippen molar-refractivity contribution in [3.63, 3.8) is 0 Å². The Kier molecular flexibility index (Phi) is 3.17. The predicted octanol–water partition coefficient (Wildman–Crippen LogP) is 0.313. The van der Waals surface area contributed by atoms with E-state index in [1.165, 1.54) is 0 Å². The van der Waals surface area contributed by atoms with Crippen molar-refractivity contribution in [2.24, 2.45) is 0 Å². The van der Waals surface area contributed by atoms with E-state index in [0.29, 0.717) is 37.4 Å². The first kappa shape index (κ1) is 12.1. The van der Waals surface area contributed by atoms with E-state index in [4.69, 9.17) is 15.2 Å². The van der Waals surface area contributed by atoms with Crippen LogP contribution in [0.25, 0.3) is 0 Å². The number of hydrogen-bond acceptors (Lipinski definition) is 5. The fourth-order valence-corrected chi connectivity index (χ4v) is 2.00. The van der Waals surface area contributed by atoms with Crippen LogP contribution in [-0.4, -0.2) is 30.3 Å². The summed E-state index contributed by atoms with van der Waals surface area (Å²) in [5.74, 6) is 0.753. The lowest BCUT2D eigenvalue weighted by molar-refractivity contribution is -0.100. The number of H-pyrrole nitrogens is 1. The van der Waals surface area contributed by atoms with Crippen molar-refractivity contribution in [2.45, 2.75) is 25.4 Å². The highest BCUT2D eigenvalue weighted by Crippen LogP contribution is 2.33. The van der Waals surface area contributed by atoms with Gasteiger partial charge in [-0.05, 0) is 6.92 Å². The van der Waals surface area contributed by atoms with Crippen molar-refractivity contribution >= 4 is 5.82 Å². The number of aromatic amines is 1. The lowest BCUT2D eigenvalue weighted by atomic mass is 9.93. The molecule has 17 heavy (non-hydrogen) atoms. The Bertz CT molecular complexity index is 464. The van der Waals surface area contributed by atoms with Gasteiger partial charge in [0.05, 0.1) is 5.56 Å². The number of ether oxygens (including phenoxy) is 2. The third kappa shape index (κ3) is 2.05. The minimum atomic E-state index is -0.584. The molecule has 94 valence electrons. The summed E-state index contributed by atoms with van der Waals surface area (Å²) in [6.45, 7) is 2.82. The van der Waals surface area contributed by atoms with Gasteiger partial charge in [0, 0.05) is 33.2 Å². The third-order valence-electron chi connectivity index (χ3n) is 3.31. The molecule has 1 aromatic rings. The molecule has 0 amide bonds. The van der Waals surface area contributed by atoms with Crippen LogP contribution in [0, 0.1) is 6.92 Å². The zero-order chi connectivity index (χ0) is 12.5. The molecule has 0 spiro atoms. The SMILES string of the molecule is COC1(c2nc(N)c(C)c(=O)[nH]2)CCOCC1. The second-order valence-corrected chi connectivity index (χ2v) is 4.24. The minimum absolute atomic E-state index is 0.213. The Morgan fingerprint density at radius 3 is 2.65 bits per heavy atom. The third-order valence-corrected chi connectivity index (χ3v) is 3.31. The van der Waals surface area contributed by atoms with Crippen molar-refractivity contribution < 1.29 is 9.47 Å². The van der Waals surface area contributed by atoms with Crippen molar-refractivity contribution in [1.29, 1.82) is 0 Å². The van der Waals surface area contributed by atoms with E-state index in [1.807, 2.05) is 0 Å². The zero-order valence-corrected chi connectivity index (χ0v) is 10.1. The number of hydrogen-bond donors (Lipinski definition) is 2. The van der Waals surface area contributed by atoms with Crippen LogP contribution in [0.15, 0.2) is 4.79 Å². The maximum absolute atomic E-state index is 11.7. The standard InChI is InChI=1S/C11H17N3O3/c1-7-8(12)13-10(14-9(7)15)11(16-2)3-5-17-6-4-11/h3-6H2,1-2H3,(H3,12,13,14,15). The number of anilines is 1. The Morgan fingerprint density at radius 2 is 2.12 bits per heavy atom. The average Bonchev–Trinajstić information content (AvgIpc) is 2.36. The van der Waals surface area contributed by atoms with Gasteiger partial charge in [0.15, 0.2) is 0 Å². The van der Waals surface area contributed by atoms with Crippen LogP contribution in [0.1, 0.15) is 24.2 Å². The molecule has 0 bridgehead atoms. The van der Waals surface area contributed by atoms with E-state index >= 15 is 0 Å². The van der Waals surface area contributed by atoms with Gasteiger partial charge in [0.25, 0.3) is 5.56 Å². The van der Waals surface area contributed by atoms with Crippen molar-refractivity contribution in [3.05, 3.63) is 21.7 Å². The van der Waals surface area contributed by atoms with Crippen molar-refractivity contribution in [1.82, 2.24) is 9.97 Å². The number of nitrogens with two attached hydrogens (primary N) is 1. The van der Waals surface area contributed by atoms with E-state index in [2.05, 4.69) is 9.97 Å². The molecule has 3 N–H and O–H groups in total. The number of nitrogens with one attached hydrogen (secondary N) is 1. The van der Waals surface area contributed by atoms with Gasteiger partial charge in [-0.1, -0.05) is 0 Å². The molecule has 1 saturated heterocycles. The molecule has 2 rings (SSSR count). The van der Waals surface area contributed by atoms with Crippen LogP contribution in [0.4, 0.5) is 5.82 Å². The minimum Gasteiger partial charge on any atom is -0.383 e. The van der Waals surface area contributed by atoms with Crippen molar-refractivity contribution in [2.75, 3.05) is 26.1 Å². The van der Waals surface area contributed by atoms with Gasteiger partial charge in [-0.15, -0.1) is 0 Å². The molecule has 0 saturated carbocycles. The zero-order valence-electron chi connectivity index (χ0n) is 10.1. The first-order chi connectivity index (χ1) is 8.09. The molecule has 6 heteroatoms. The summed E-state index contributed by atoms with van der Waals surface area (Å²) in [7, 11) is 1.61. The summed E-state index contributed by atoms with van der Waals surface area (Å²) >= 11 is 0. The summed E-state index contributed by atoms with van der Waals surface area (Å²) in [5, 5.41) is 0. The topological polar surface area (TPSA) is 90.2 Å². The monoisotopic (exact) mass is 239 g/mol. The quantitative estimate of drug-likeness (QED) is 0.775. The molecule has 0 radical (unpaired) electrons. The second kappa shape index (κ2) is 4.46. The smallest absolute Gasteiger partial charge is 0.255 e. The fourth-order valence-electron chi connectivity index (χ4n) is 2.00. The van der Waals surface area contributed by atoms with E-state index in [0.717, 1.165) is 0 Å². The molecule has 0 aliphatic carbocycles. The van der Waals surface area contributed by atoms with Gasteiger partial charge < -0.3 is 20.2 Å². The summed E-state index contributed by atoms with van der Waals surface area (Å²) in [6, 6.07) is 0. The summed E-state index contributed by atoms with van der Waals surface area (Å²) in [4.78, 5) is 18.7. The highest BCUT2D eigenvalue weighted by Gasteiger charge is 2.37. The number of rotatable bonds is 2. The van der Waals surface area contributed by atoms with Gasteiger partial charge >= 0.3 is 0 Å². The van der Waals surface area contributed by atoms with Crippen LogP contribution >= 0.6 is 0 Å². The van der Waals surface area contributed by atoms with Crippen molar-refractivity contribution in [3.8, 4) is 0 Å². The maximum Gasteiger partial charge on any atom is 0.255 e. The Hall–Kier alpha value is -1.40. The molecular weight excluding hydrogens is 222 g/mol. The fraction of sp³-hybridized carbons (Fsp3) is 0.636. The number of nitrogen functional groups attached to an aromatic ring is 1. The molecular formula is C11H17N3O3. The Balaban J connectivity index is 2.47. The van der Waals surface area contributed by atoms with Gasteiger partial charge in [-0.2, -0.15) is 0 Å². The molecule has 6 nitrogen and oxygen atoms in total. The predicted molar refractivity (Wildman–Crippen MR) is 62.7 cm³/mol. The highest BCUT2D eigenvalue weighted by atomic mass is 16.5. The summed E-state index contributed by atoms with van der Waals surface area (Å²) < 4.78 is 10.8. The first-order valence-corrected chi connectivity index (χ1v) is 5.59. The van der Waals surface area contributed by atoms with E-state index in [1.54, 1.807) is 14.0 Å². The molecule has 1 aliphatic heterocycles. The molecule has 0 unspecified atom stereocenters. The number of methoxy groups -OCH3 is 1. The van der Waals surface area contributed by atoms with Gasteiger partial charge in [-0.3, -0.25) is 4.79 Å².